The Morgan fingerprint density at radius 3 is 2.77 bits per heavy atom. The number of thioether (sulfide) groups is 1. The SMILES string of the molecule is C=CCc1cc(/C=C2\SC(=O)N(CC(=O)Nc3cccc(Cl)c3)C2=O)cc(OC)c1O. The van der Waals surface area contributed by atoms with E-state index in [1.165, 1.54) is 13.2 Å². The molecule has 160 valence electrons. The molecule has 1 heterocycles. The molecule has 0 aliphatic carbocycles. The Kier molecular flexibility index (Phi) is 7.04. The summed E-state index contributed by atoms with van der Waals surface area (Å²) >= 11 is 6.63. The van der Waals surface area contributed by atoms with Crippen LogP contribution in [0.5, 0.6) is 11.5 Å². The molecule has 1 saturated heterocycles. The summed E-state index contributed by atoms with van der Waals surface area (Å²) in [5.74, 6) is -0.866. The summed E-state index contributed by atoms with van der Waals surface area (Å²) < 4.78 is 5.18. The highest BCUT2D eigenvalue weighted by atomic mass is 35.5. The maximum Gasteiger partial charge on any atom is 0.294 e. The van der Waals surface area contributed by atoms with Crippen molar-refractivity contribution < 1.29 is 24.2 Å². The summed E-state index contributed by atoms with van der Waals surface area (Å²) in [7, 11) is 1.42. The van der Waals surface area contributed by atoms with Gasteiger partial charge in [0.25, 0.3) is 11.1 Å². The number of nitrogens with zero attached hydrogens (tertiary/aromatic N) is 1. The van der Waals surface area contributed by atoms with E-state index in [0.717, 1.165) is 16.7 Å². The first-order valence-electron chi connectivity index (χ1n) is 9.14. The molecule has 0 atom stereocenters. The van der Waals surface area contributed by atoms with Crippen molar-refractivity contribution in [1.29, 1.82) is 0 Å². The van der Waals surface area contributed by atoms with Gasteiger partial charge in [-0.1, -0.05) is 23.7 Å². The first-order valence-corrected chi connectivity index (χ1v) is 10.3. The molecule has 1 aliphatic rings. The Hall–Kier alpha value is -3.23. The van der Waals surface area contributed by atoms with Gasteiger partial charge in [0, 0.05) is 16.3 Å². The van der Waals surface area contributed by atoms with Crippen molar-refractivity contribution >= 4 is 52.2 Å². The smallest absolute Gasteiger partial charge is 0.294 e. The number of phenolic OH excluding ortho intramolecular Hbond substituents is 1. The van der Waals surface area contributed by atoms with Crippen molar-refractivity contribution in [2.75, 3.05) is 19.0 Å². The van der Waals surface area contributed by atoms with Crippen LogP contribution in [0.25, 0.3) is 6.08 Å². The van der Waals surface area contributed by atoms with Crippen LogP contribution in [-0.4, -0.2) is 40.7 Å². The summed E-state index contributed by atoms with van der Waals surface area (Å²) in [6.07, 6.45) is 3.55. The van der Waals surface area contributed by atoms with Crippen molar-refractivity contribution in [1.82, 2.24) is 4.90 Å². The fourth-order valence-electron chi connectivity index (χ4n) is 2.94. The zero-order valence-electron chi connectivity index (χ0n) is 16.6. The molecule has 2 aromatic carbocycles. The molecule has 1 fully saturated rings. The Bertz CT molecular complexity index is 1100. The number of carbonyl (C=O) groups is 3. The minimum absolute atomic E-state index is 0.00894. The van der Waals surface area contributed by atoms with Crippen LogP contribution in [0.3, 0.4) is 0 Å². The number of benzene rings is 2. The van der Waals surface area contributed by atoms with Crippen LogP contribution >= 0.6 is 23.4 Å². The average molecular weight is 459 g/mol. The maximum absolute atomic E-state index is 12.7. The van der Waals surface area contributed by atoms with Gasteiger partial charge in [0.1, 0.15) is 6.54 Å². The number of halogens is 1. The van der Waals surface area contributed by atoms with Crippen molar-refractivity contribution in [2.24, 2.45) is 0 Å². The third-order valence-corrected chi connectivity index (χ3v) is 5.48. The van der Waals surface area contributed by atoms with E-state index in [1.807, 2.05) is 0 Å². The third-order valence-electron chi connectivity index (χ3n) is 4.34. The predicted molar refractivity (Wildman–Crippen MR) is 121 cm³/mol. The number of anilines is 1. The molecule has 0 unspecified atom stereocenters. The zero-order valence-corrected chi connectivity index (χ0v) is 18.1. The lowest BCUT2D eigenvalue weighted by atomic mass is 10.1. The first-order chi connectivity index (χ1) is 14.8. The highest BCUT2D eigenvalue weighted by molar-refractivity contribution is 8.18. The number of methoxy groups -OCH3 is 1. The van der Waals surface area contributed by atoms with Gasteiger partial charge in [-0.25, -0.2) is 0 Å². The van der Waals surface area contributed by atoms with Gasteiger partial charge in [-0.05, 0) is 60.2 Å². The van der Waals surface area contributed by atoms with Gasteiger partial charge in [0.15, 0.2) is 11.5 Å². The van der Waals surface area contributed by atoms with Crippen LogP contribution in [0.2, 0.25) is 5.02 Å². The maximum atomic E-state index is 12.7. The molecular weight excluding hydrogens is 440 g/mol. The Morgan fingerprint density at radius 2 is 2.10 bits per heavy atom. The monoisotopic (exact) mass is 458 g/mol. The summed E-state index contributed by atoms with van der Waals surface area (Å²) in [5, 5.41) is 12.7. The number of ether oxygens (including phenoxy) is 1. The van der Waals surface area contributed by atoms with Crippen LogP contribution in [0.4, 0.5) is 10.5 Å². The quantitative estimate of drug-likeness (QED) is 0.470. The van der Waals surface area contributed by atoms with Gasteiger partial charge >= 0.3 is 0 Å². The van der Waals surface area contributed by atoms with Crippen LogP contribution < -0.4 is 10.1 Å². The molecule has 0 radical (unpaired) electrons. The topological polar surface area (TPSA) is 95.9 Å². The Morgan fingerprint density at radius 1 is 1.32 bits per heavy atom. The normalized spacial score (nSPS) is 14.8. The van der Waals surface area contributed by atoms with Crippen molar-refractivity contribution in [3.8, 4) is 11.5 Å². The molecule has 1 aliphatic heterocycles. The lowest BCUT2D eigenvalue weighted by Crippen LogP contribution is -2.36. The number of rotatable bonds is 7. The number of aromatic hydroxyl groups is 1. The van der Waals surface area contributed by atoms with Gasteiger partial charge in [0.2, 0.25) is 5.91 Å². The molecule has 2 aromatic rings. The van der Waals surface area contributed by atoms with Crippen LogP contribution in [0.1, 0.15) is 11.1 Å². The molecule has 0 spiro atoms. The summed E-state index contributed by atoms with van der Waals surface area (Å²) in [4.78, 5) is 38.4. The average Bonchev–Trinajstić information content (AvgIpc) is 2.97. The fourth-order valence-corrected chi connectivity index (χ4v) is 3.97. The molecule has 31 heavy (non-hydrogen) atoms. The van der Waals surface area contributed by atoms with E-state index in [9.17, 15) is 19.5 Å². The number of hydrogen-bond acceptors (Lipinski definition) is 6. The van der Waals surface area contributed by atoms with E-state index < -0.39 is 23.6 Å². The standard InChI is InChI=1S/C22H19ClN2O5S/c1-3-5-14-8-13(9-17(30-2)20(14)27)10-18-21(28)25(22(29)31-18)12-19(26)24-16-7-4-6-15(23)11-16/h3-4,6-11,27H,1,5,12H2,2H3,(H,24,26)/b18-10-. The van der Waals surface area contributed by atoms with Crippen LogP contribution in [0.15, 0.2) is 54.0 Å². The zero-order chi connectivity index (χ0) is 22.5. The van der Waals surface area contributed by atoms with Crippen molar-refractivity contribution in [3.63, 3.8) is 0 Å². The molecular formula is C22H19ClN2O5S. The molecule has 0 bridgehead atoms. The van der Waals surface area contributed by atoms with Gasteiger partial charge in [-0.15, -0.1) is 6.58 Å². The molecule has 3 rings (SSSR count). The second-order valence-corrected chi connectivity index (χ2v) is 7.98. The van der Waals surface area contributed by atoms with Crippen molar-refractivity contribution in [3.05, 3.63) is 70.1 Å². The lowest BCUT2D eigenvalue weighted by Gasteiger charge is -2.12. The molecule has 9 heteroatoms. The van der Waals surface area contributed by atoms with Gasteiger partial charge < -0.3 is 15.2 Å². The van der Waals surface area contributed by atoms with E-state index in [4.69, 9.17) is 16.3 Å². The van der Waals surface area contributed by atoms with Gasteiger partial charge in [-0.2, -0.15) is 0 Å². The number of phenols is 1. The third kappa shape index (κ3) is 5.28. The number of hydrogen-bond donors (Lipinski definition) is 2. The van der Waals surface area contributed by atoms with Gasteiger partial charge in [-0.3, -0.25) is 19.3 Å². The van der Waals surface area contributed by atoms with Crippen molar-refractivity contribution in [2.45, 2.75) is 6.42 Å². The van der Waals surface area contributed by atoms with E-state index >= 15 is 0 Å². The van der Waals surface area contributed by atoms with Gasteiger partial charge in [0.05, 0.1) is 12.0 Å². The fraction of sp³-hybridized carbons (Fsp3) is 0.136. The molecule has 3 amide bonds. The molecule has 0 aromatic heterocycles. The largest absolute Gasteiger partial charge is 0.504 e. The minimum Gasteiger partial charge on any atom is -0.504 e. The number of allylic oxidation sites excluding steroid dienone is 1. The highest BCUT2D eigenvalue weighted by Crippen LogP contribution is 2.36. The van der Waals surface area contributed by atoms with E-state index in [-0.39, 0.29) is 16.4 Å². The minimum atomic E-state index is -0.575. The lowest BCUT2D eigenvalue weighted by molar-refractivity contribution is -0.127. The Balaban J connectivity index is 1.78. The second-order valence-electron chi connectivity index (χ2n) is 6.55. The second kappa shape index (κ2) is 9.72. The van der Waals surface area contributed by atoms with E-state index in [2.05, 4.69) is 11.9 Å². The van der Waals surface area contributed by atoms with Crippen LogP contribution in [-0.2, 0) is 16.0 Å². The summed E-state index contributed by atoms with van der Waals surface area (Å²) in [5.41, 5.74) is 1.60. The number of imide groups is 1. The predicted octanol–water partition coefficient (Wildman–Crippen LogP) is 4.46. The van der Waals surface area contributed by atoms with E-state index in [0.29, 0.717) is 28.3 Å². The molecule has 0 saturated carbocycles. The van der Waals surface area contributed by atoms with Crippen LogP contribution in [0, 0.1) is 0 Å². The highest BCUT2D eigenvalue weighted by Gasteiger charge is 2.36. The number of nitrogens with one attached hydrogen (secondary N) is 1. The molecule has 2 N–H and O–H groups in total. The summed E-state index contributed by atoms with van der Waals surface area (Å²) in [6, 6.07) is 9.79. The first kappa shape index (κ1) is 22.5. The Labute approximate surface area is 188 Å². The molecule has 7 nitrogen and oxygen atoms in total. The van der Waals surface area contributed by atoms with E-state index in [1.54, 1.807) is 42.5 Å². The number of amides is 3. The summed E-state index contributed by atoms with van der Waals surface area (Å²) in [6.45, 7) is 3.24. The number of carbonyl (C=O) groups excluding carboxylic acids is 3.